The highest BCUT2D eigenvalue weighted by molar-refractivity contribution is 7.89. The second-order valence-electron chi connectivity index (χ2n) is 6.27. The highest BCUT2D eigenvalue weighted by Crippen LogP contribution is 2.13. The van der Waals surface area contributed by atoms with E-state index >= 15 is 0 Å². The quantitative estimate of drug-likeness (QED) is 0.359. The molecule has 0 atom stereocenters. The fourth-order valence-corrected chi connectivity index (χ4v) is 4.01. The second-order valence-corrected chi connectivity index (χ2v) is 8.98. The summed E-state index contributed by atoms with van der Waals surface area (Å²) in [5.74, 6) is -1.62. The third-order valence-electron chi connectivity index (χ3n) is 3.96. The number of ether oxygens (including phenoxy) is 1. The van der Waals surface area contributed by atoms with Gasteiger partial charge in [0.25, 0.3) is 11.8 Å². The minimum Gasteiger partial charge on any atom is -0.468 e. The van der Waals surface area contributed by atoms with Gasteiger partial charge in [0.1, 0.15) is 5.76 Å². The summed E-state index contributed by atoms with van der Waals surface area (Å²) in [5.41, 5.74) is 0.546. The van der Waals surface area contributed by atoms with Gasteiger partial charge in [-0.1, -0.05) is 18.2 Å². The van der Waals surface area contributed by atoms with Crippen LogP contribution in [0, 0.1) is 0 Å². The molecular weight excluding hydrogens is 456 g/mol. The van der Waals surface area contributed by atoms with Gasteiger partial charge >= 0.3 is 5.97 Å². The zero-order valence-corrected chi connectivity index (χ0v) is 18.1. The van der Waals surface area contributed by atoms with Crippen LogP contribution in [-0.2, 0) is 30.9 Å². The lowest BCUT2D eigenvalue weighted by molar-refractivity contribution is -0.143. The Morgan fingerprint density at radius 3 is 2.50 bits per heavy atom. The van der Waals surface area contributed by atoms with Crippen LogP contribution >= 0.6 is 11.3 Å². The van der Waals surface area contributed by atoms with Gasteiger partial charge < -0.3 is 9.15 Å². The molecule has 2 aromatic heterocycles. The number of carbonyl (C=O) groups is 3. The Balaban J connectivity index is 1.46. The predicted octanol–water partition coefficient (Wildman–Crippen LogP) is 2.33. The van der Waals surface area contributed by atoms with Crippen LogP contribution in [-0.4, -0.2) is 32.8 Å². The number of rotatable bonds is 9. The summed E-state index contributed by atoms with van der Waals surface area (Å²) in [6.07, 6.45) is 3.95. The molecule has 2 heterocycles. The van der Waals surface area contributed by atoms with Gasteiger partial charge in [0.2, 0.25) is 10.0 Å². The van der Waals surface area contributed by atoms with E-state index in [1.807, 2.05) is 0 Å². The first-order chi connectivity index (χ1) is 15.3. The van der Waals surface area contributed by atoms with Gasteiger partial charge in [0.15, 0.2) is 6.61 Å². The molecular formula is C21H18N2O7S2. The molecule has 11 heteroatoms. The molecule has 0 fully saturated rings. The first-order valence-electron chi connectivity index (χ1n) is 9.18. The largest absolute Gasteiger partial charge is 0.468 e. The van der Waals surface area contributed by atoms with Gasteiger partial charge in [0, 0.05) is 6.08 Å². The Labute approximate surface area is 187 Å². The first kappa shape index (κ1) is 23.1. The summed E-state index contributed by atoms with van der Waals surface area (Å²) in [6, 6.07) is 12.4. The lowest BCUT2D eigenvalue weighted by atomic mass is 10.2. The van der Waals surface area contributed by atoms with E-state index in [2.05, 4.69) is 10.0 Å². The van der Waals surface area contributed by atoms with Gasteiger partial charge in [-0.25, -0.2) is 17.9 Å². The minimum atomic E-state index is -3.73. The van der Waals surface area contributed by atoms with Crippen molar-refractivity contribution >= 4 is 45.2 Å². The number of furan rings is 1. The molecule has 9 nitrogen and oxygen atoms in total. The highest BCUT2D eigenvalue weighted by atomic mass is 32.2. The molecule has 2 amide bonds. The Morgan fingerprint density at radius 2 is 1.84 bits per heavy atom. The molecule has 0 aliphatic heterocycles. The molecule has 0 bridgehead atoms. The number of nitrogens with one attached hydrogen (secondary N) is 2. The molecule has 0 spiro atoms. The lowest BCUT2D eigenvalue weighted by Gasteiger charge is -2.05. The summed E-state index contributed by atoms with van der Waals surface area (Å²) >= 11 is 1.18. The van der Waals surface area contributed by atoms with Gasteiger partial charge in [-0.2, -0.15) is 0 Å². The Morgan fingerprint density at radius 1 is 1.06 bits per heavy atom. The predicted molar refractivity (Wildman–Crippen MR) is 116 cm³/mol. The molecule has 0 saturated heterocycles. The maximum absolute atomic E-state index is 12.3. The Kier molecular flexibility index (Phi) is 7.71. The Bertz CT molecular complexity index is 1200. The number of imide groups is 1. The van der Waals surface area contributed by atoms with Crippen molar-refractivity contribution in [1.29, 1.82) is 0 Å². The first-order valence-corrected chi connectivity index (χ1v) is 11.5. The molecule has 3 aromatic rings. The van der Waals surface area contributed by atoms with E-state index in [4.69, 9.17) is 9.15 Å². The van der Waals surface area contributed by atoms with E-state index in [0.717, 1.165) is 6.08 Å². The molecule has 0 saturated carbocycles. The molecule has 0 radical (unpaired) electrons. The zero-order chi connectivity index (χ0) is 23.0. The van der Waals surface area contributed by atoms with Crippen molar-refractivity contribution in [2.75, 3.05) is 6.61 Å². The molecule has 0 aliphatic carbocycles. The van der Waals surface area contributed by atoms with E-state index in [1.54, 1.807) is 29.6 Å². The lowest BCUT2D eigenvalue weighted by Crippen LogP contribution is -2.33. The number of hydrogen-bond acceptors (Lipinski definition) is 8. The van der Waals surface area contributed by atoms with Gasteiger partial charge in [0.05, 0.1) is 22.6 Å². The number of carbonyl (C=O) groups excluding carboxylic acids is 3. The van der Waals surface area contributed by atoms with Crippen LogP contribution in [0.3, 0.4) is 0 Å². The summed E-state index contributed by atoms with van der Waals surface area (Å²) in [7, 11) is -3.73. The average Bonchev–Trinajstić information content (AvgIpc) is 3.49. The van der Waals surface area contributed by atoms with Crippen LogP contribution in [0.4, 0.5) is 0 Å². The number of amides is 2. The third kappa shape index (κ3) is 6.74. The molecule has 0 aliphatic rings. The maximum Gasteiger partial charge on any atom is 0.331 e. The van der Waals surface area contributed by atoms with Crippen LogP contribution < -0.4 is 10.0 Å². The number of thiophene rings is 1. The van der Waals surface area contributed by atoms with Crippen molar-refractivity contribution in [3.8, 4) is 0 Å². The van der Waals surface area contributed by atoms with E-state index < -0.39 is 34.4 Å². The SMILES string of the molecule is O=C(COC(=O)C=Cc1ccc(S(=O)(=O)NCc2ccco2)cc1)NC(=O)c1cccs1. The zero-order valence-electron chi connectivity index (χ0n) is 16.5. The molecule has 0 unspecified atom stereocenters. The maximum atomic E-state index is 12.3. The normalized spacial score (nSPS) is 11.4. The van der Waals surface area contributed by atoms with Crippen LogP contribution in [0.25, 0.3) is 6.08 Å². The van der Waals surface area contributed by atoms with E-state index in [9.17, 15) is 22.8 Å². The number of hydrogen-bond donors (Lipinski definition) is 2. The smallest absolute Gasteiger partial charge is 0.331 e. The Hall–Kier alpha value is -3.54. The van der Waals surface area contributed by atoms with Crippen LogP contribution in [0.15, 0.2) is 75.6 Å². The van der Waals surface area contributed by atoms with Crippen molar-refractivity contribution in [1.82, 2.24) is 10.0 Å². The summed E-state index contributed by atoms with van der Waals surface area (Å²) < 4.78 is 36.9. The van der Waals surface area contributed by atoms with Gasteiger partial charge in [-0.15, -0.1) is 11.3 Å². The van der Waals surface area contributed by atoms with Gasteiger partial charge in [-0.3, -0.25) is 14.9 Å². The summed E-state index contributed by atoms with van der Waals surface area (Å²) in [6.45, 7) is -0.589. The number of sulfonamides is 1. The second kappa shape index (κ2) is 10.7. The average molecular weight is 475 g/mol. The standard InChI is InChI=1S/C21H18N2O7S2/c24-19(23-21(26)18-4-2-12-31-18)14-30-20(25)10-7-15-5-8-17(9-6-15)32(27,28)22-13-16-3-1-11-29-16/h1-12,22H,13-14H2,(H,23,24,26). The van der Waals surface area contributed by atoms with E-state index in [0.29, 0.717) is 16.2 Å². The van der Waals surface area contributed by atoms with Crippen molar-refractivity contribution in [3.63, 3.8) is 0 Å². The topological polar surface area (TPSA) is 132 Å². The van der Waals surface area contributed by atoms with Crippen molar-refractivity contribution in [2.45, 2.75) is 11.4 Å². The monoisotopic (exact) mass is 474 g/mol. The van der Waals surface area contributed by atoms with Crippen LogP contribution in [0.2, 0.25) is 0 Å². The van der Waals surface area contributed by atoms with Crippen LogP contribution in [0.1, 0.15) is 21.0 Å². The van der Waals surface area contributed by atoms with Crippen molar-refractivity contribution in [2.24, 2.45) is 0 Å². The molecule has 2 N–H and O–H groups in total. The van der Waals surface area contributed by atoms with Crippen LogP contribution in [0.5, 0.6) is 0 Å². The minimum absolute atomic E-state index is 0.0231. The van der Waals surface area contributed by atoms with E-state index in [-0.39, 0.29) is 11.4 Å². The third-order valence-corrected chi connectivity index (χ3v) is 6.25. The fraction of sp³-hybridized carbons (Fsp3) is 0.0952. The molecule has 3 rings (SSSR count). The molecule has 1 aromatic carbocycles. The fourth-order valence-electron chi connectivity index (χ4n) is 2.40. The molecule has 166 valence electrons. The number of benzene rings is 1. The summed E-state index contributed by atoms with van der Waals surface area (Å²) in [5, 5.41) is 3.81. The number of esters is 1. The van der Waals surface area contributed by atoms with Gasteiger partial charge in [-0.05, 0) is 47.4 Å². The highest BCUT2D eigenvalue weighted by Gasteiger charge is 2.14. The van der Waals surface area contributed by atoms with Crippen molar-refractivity contribution < 1.29 is 32.0 Å². The summed E-state index contributed by atoms with van der Waals surface area (Å²) in [4.78, 5) is 35.6. The van der Waals surface area contributed by atoms with Crippen molar-refractivity contribution in [3.05, 3.63) is 82.5 Å². The van der Waals surface area contributed by atoms with E-state index in [1.165, 1.54) is 47.9 Å². The molecule has 32 heavy (non-hydrogen) atoms.